The fourth-order valence-electron chi connectivity index (χ4n) is 4.71. The standard InChI is InChI=1S/C37H50O4S2/c1-30(2)16-13-17-31(3)18-14-19-32(4)20-15-21-33(5)28-37(43(40,41)36-24-11-8-12-25-36)29-34(6)26-27-42(38,39)35-22-9-7-10-23-35/h7-12,16,18,20,22-26,28,37H,13-15,17,19,21,27,29H2,1-6H3/b31-18+,32-20+,33-28-,34-26+. The second-order valence-corrected chi connectivity index (χ2v) is 16.0. The molecule has 0 fully saturated rings. The van der Waals surface area contributed by atoms with Crippen molar-refractivity contribution in [1.82, 2.24) is 0 Å². The van der Waals surface area contributed by atoms with E-state index < -0.39 is 24.9 Å². The maximum Gasteiger partial charge on any atom is 0.185 e. The molecule has 0 N–H and O–H groups in total. The van der Waals surface area contributed by atoms with Gasteiger partial charge in [-0.25, -0.2) is 16.8 Å². The van der Waals surface area contributed by atoms with E-state index in [1.54, 1.807) is 73.7 Å². The Morgan fingerprint density at radius 2 is 1.05 bits per heavy atom. The van der Waals surface area contributed by atoms with Crippen LogP contribution in [0.4, 0.5) is 0 Å². The molecule has 43 heavy (non-hydrogen) atoms. The van der Waals surface area contributed by atoms with Gasteiger partial charge in [0.25, 0.3) is 0 Å². The van der Waals surface area contributed by atoms with Gasteiger partial charge in [0.05, 0.1) is 20.8 Å². The van der Waals surface area contributed by atoms with Crippen molar-refractivity contribution >= 4 is 19.7 Å². The summed E-state index contributed by atoms with van der Waals surface area (Å²) >= 11 is 0. The molecular formula is C37H50O4S2. The largest absolute Gasteiger partial charge is 0.223 e. The molecule has 0 heterocycles. The molecule has 2 rings (SSSR count). The molecule has 0 aliphatic rings. The summed E-state index contributed by atoms with van der Waals surface area (Å²) in [5.74, 6) is -0.169. The van der Waals surface area contributed by atoms with Crippen LogP contribution in [0.15, 0.2) is 129 Å². The molecule has 234 valence electrons. The van der Waals surface area contributed by atoms with Crippen LogP contribution in [0.25, 0.3) is 0 Å². The third-order valence-electron chi connectivity index (χ3n) is 7.37. The van der Waals surface area contributed by atoms with Crippen molar-refractivity contribution in [2.75, 3.05) is 5.75 Å². The average molecular weight is 623 g/mol. The first-order valence-electron chi connectivity index (χ1n) is 15.2. The first kappa shape index (κ1) is 36.2. The molecule has 0 aromatic heterocycles. The topological polar surface area (TPSA) is 68.3 Å². The van der Waals surface area contributed by atoms with E-state index >= 15 is 0 Å². The lowest BCUT2D eigenvalue weighted by Gasteiger charge is -2.16. The Morgan fingerprint density at radius 3 is 1.56 bits per heavy atom. The summed E-state index contributed by atoms with van der Waals surface area (Å²) in [5, 5.41) is -0.782. The average Bonchev–Trinajstić information content (AvgIpc) is 2.96. The first-order valence-corrected chi connectivity index (χ1v) is 18.4. The van der Waals surface area contributed by atoms with Crippen LogP contribution in [-0.2, 0) is 19.7 Å². The van der Waals surface area contributed by atoms with Crippen LogP contribution < -0.4 is 0 Å². The summed E-state index contributed by atoms with van der Waals surface area (Å²) in [6.07, 6.45) is 16.4. The van der Waals surface area contributed by atoms with Gasteiger partial charge in [-0.3, -0.25) is 0 Å². The number of hydrogen-bond donors (Lipinski definition) is 0. The SMILES string of the molecule is CC(C)=CCC/C(C)=C/CC/C(C)=C/CC/C(C)=C\C(C/C(C)=C/CS(=O)(=O)c1ccccc1)S(=O)(=O)c1ccccc1. The molecule has 0 aliphatic carbocycles. The van der Waals surface area contributed by atoms with Gasteiger partial charge in [0.2, 0.25) is 0 Å². The summed E-state index contributed by atoms with van der Waals surface area (Å²) in [6, 6.07) is 16.8. The van der Waals surface area contributed by atoms with E-state index in [4.69, 9.17) is 0 Å². The molecule has 0 amide bonds. The highest BCUT2D eigenvalue weighted by molar-refractivity contribution is 7.92. The lowest BCUT2D eigenvalue weighted by atomic mass is 10.0. The quantitative estimate of drug-likeness (QED) is 0.165. The van der Waals surface area contributed by atoms with Gasteiger partial charge in [-0.2, -0.15) is 0 Å². The van der Waals surface area contributed by atoms with Crippen molar-refractivity contribution < 1.29 is 16.8 Å². The minimum atomic E-state index is -3.66. The van der Waals surface area contributed by atoms with Crippen LogP contribution >= 0.6 is 0 Å². The molecule has 2 aromatic carbocycles. The minimum absolute atomic E-state index is 0.169. The number of hydrogen-bond acceptors (Lipinski definition) is 4. The molecular weight excluding hydrogens is 573 g/mol. The highest BCUT2D eigenvalue weighted by Gasteiger charge is 2.26. The van der Waals surface area contributed by atoms with Gasteiger partial charge in [0.15, 0.2) is 19.7 Å². The van der Waals surface area contributed by atoms with Crippen LogP contribution in [0.2, 0.25) is 0 Å². The zero-order valence-corrected chi connectivity index (χ0v) is 28.5. The molecule has 1 atom stereocenters. The summed E-state index contributed by atoms with van der Waals surface area (Å²) in [6.45, 7) is 12.4. The summed E-state index contributed by atoms with van der Waals surface area (Å²) in [5.41, 5.74) is 5.87. The molecule has 0 radical (unpaired) electrons. The van der Waals surface area contributed by atoms with Gasteiger partial charge < -0.3 is 0 Å². The van der Waals surface area contributed by atoms with Crippen molar-refractivity contribution in [3.05, 3.63) is 119 Å². The smallest absolute Gasteiger partial charge is 0.185 e. The zero-order chi connectivity index (χ0) is 31.9. The molecule has 0 bridgehead atoms. The van der Waals surface area contributed by atoms with Gasteiger partial charge in [-0.05, 0) is 111 Å². The van der Waals surface area contributed by atoms with E-state index in [-0.39, 0.29) is 22.0 Å². The highest BCUT2D eigenvalue weighted by Crippen LogP contribution is 2.25. The van der Waals surface area contributed by atoms with E-state index in [0.717, 1.165) is 49.7 Å². The van der Waals surface area contributed by atoms with Crippen molar-refractivity contribution in [3.63, 3.8) is 0 Å². The number of rotatable bonds is 17. The van der Waals surface area contributed by atoms with Crippen molar-refractivity contribution in [3.8, 4) is 0 Å². The monoisotopic (exact) mass is 622 g/mol. The van der Waals surface area contributed by atoms with Crippen LogP contribution in [0.1, 0.15) is 86.5 Å². The first-order chi connectivity index (χ1) is 20.3. The molecule has 0 spiro atoms. The maximum absolute atomic E-state index is 13.7. The van der Waals surface area contributed by atoms with Crippen LogP contribution in [-0.4, -0.2) is 27.8 Å². The second kappa shape index (κ2) is 18.0. The van der Waals surface area contributed by atoms with E-state index in [2.05, 4.69) is 45.9 Å². The van der Waals surface area contributed by atoms with E-state index in [1.807, 2.05) is 13.0 Å². The Balaban J connectivity index is 2.10. The van der Waals surface area contributed by atoms with Crippen LogP contribution in [0, 0.1) is 0 Å². The zero-order valence-electron chi connectivity index (χ0n) is 26.8. The number of allylic oxidation sites excluding steroid dienone is 8. The Kier molecular flexibility index (Phi) is 15.2. The predicted molar refractivity (Wildman–Crippen MR) is 183 cm³/mol. The Hall–Kier alpha value is -2.96. The van der Waals surface area contributed by atoms with Gasteiger partial charge >= 0.3 is 0 Å². The van der Waals surface area contributed by atoms with Gasteiger partial charge in [-0.15, -0.1) is 0 Å². The fourth-order valence-corrected chi connectivity index (χ4v) is 7.75. The molecule has 0 saturated heterocycles. The van der Waals surface area contributed by atoms with Crippen LogP contribution in [0.5, 0.6) is 0 Å². The number of sulfone groups is 2. The Bertz CT molecular complexity index is 1520. The van der Waals surface area contributed by atoms with Gasteiger partial charge in [-0.1, -0.05) is 94.6 Å². The molecule has 4 nitrogen and oxygen atoms in total. The maximum atomic E-state index is 13.7. The minimum Gasteiger partial charge on any atom is -0.223 e. The summed E-state index contributed by atoms with van der Waals surface area (Å²) in [7, 11) is -7.16. The Labute approximate surface area is 261 Å². The van der Waals surface area contributed by atoms with E-state index in [0.29, 0.717) is 0 Å². The van der Waals surface area contributed by atoms with E-state index in [9.17, 15) is 16.8 Å². The summed E-state index contributed by atoms with van der Waals surface area (Å²) in [4.78, 5) is 0.533. The van der Waals surface area contributed by atoms with Gasteiger partial charge in [0.1, 0.15) is 0 Å². The van der Waals surface area contributed by atoms with Crippen LogP contribution in [0.3, 0.4) is 0 Å². The third kappa shape index (κ3) is 13.5. The van der Waals surface area contributed by atoms with Crippen molar-refractivity contribution in [2.24, 2.45) is 0 Å². The molecule has 0 saturated carbocycles. The molecule has 2 aromatic rings. The van der Waals surface area contributed by atoms with Crippen molar-refractivity contribution in [2.45, 2.75) is 102 Å². The summed E-state index contributed by atoms with van der Waals surface area (Å²) < 4.78 is 52.9. The Morgan fingerprint density at radius 1 is 0.581 bits per heavy atom. The lowest BCUT2D eigenvalue weighted by Crippen LogP contribution is -2.20. The fraction of sp³-hybridized carbons (Fsp3) is 0.405. The lowest BCUT2D eigenvalue weighted by molar-refractivity contribution is 0.587. The predicted octanol–water partition coefficient (Wildman–Crippen LogP) is 9.78. The van der Waals surface area contributed by atoms with E-state index in [1.165, 1.54) is 16.7 Å². The molecule has 1 unspecified atom stereocenters. The molecule has 6 heteroatoms. The highest BCUT2D eigenvalue weighted by atomic mass is 32.2. The number of benzene rings is 2. The van der Waals surface area contributed by atoms with Crippen molar-refractivity contribution in [1.29, 1.82) is 0 Å². The third-order valence-corrected chi connectivity index (χ3v) is 11.0. The van der Waals surface area contributed by atoms with Gasteiger partial charge in [0, 0.05) is 0 Å². The second-order valence-electron chi connectivity index (χ2n) is 11.8. The molecule has 0 aliphatic heterocycles. The normalized spacial score (nSPS) is 14.5.